The van der Waals surface area contributed by atoms with Gasteiger partial charge in [-0.1, -0.05) is 33.1 Å². The van der Waals surface area contributed by atoms with Crippen LogP contribution in [0.5, 0.6) is 0 Å². The van der Waals surface area contributed by atoms with E-state index in [0.29, 0.717) is 12.8 Å². The third-order valence-electron chi connectivity index (χ3n) is 4.67. The van der Waals surface area contributed by atoms with E-state index in [0.717, 1.165) is 19.3 Å². The van der Waals surface area contributed by atoms with Crippen LogP contribution in [0.1, 0.15) is 59.8 Å². The number of carbonyl (C=O) groups is 2. The second-order valence-corrected chi connectivity index (χ2v) is 6.76. The van der Waals surface area contributed by atoms with E-state index >= 15 is 0 Å². The fraction of sp³-hybridized carbons (Fsp3) is 0.867. The first kappa shape index (κ1) is 13.6. The van der Waals surface area contributed by atoms with Gasteiger partial charge in [-0.25, -0.2) is 0 Å². The minimum atomic E-state index is -0.826. The topological polar surface area (TPSA) is 43.4 Å². The Bertz CT molecular complexity index is 362. The first-order valence-corrected chi connectivity index (χ1v) is 7.08. The third kappa shape index (κ3) is 1.79. The molecule has 3 nitrogen and oxygen atoms in total. The maximum atomic E-state index is 12.8. The first-order valence-electron chi connectivity index (χ1n) is 7.08. The van der Waals surface area contributed by atoms with Crippen LogP contribution < -0.4 is 0 Å². The highest BCUT2D eigenvalue weighted by Crippen LogP contribution is 2.49. The Morgan fingerprint density at radius 1 is 1.11 bits per heavy atom. The molecule has 1 spiro atoms. The molecule has 0 unspecified atom stereocenters. The number of cyclic esters (lactones) is 1. The summed E-state index contributed by atoms with van der Waals surface area (Å²) in [6.45, 7) is 7.88. The Morgan fingerprint density at radius 2 is 1.67 bits per heavy atom. The minimum absolute atomic E-state index is 0.115. The highest BCUT2D eigenvalue weighted by atomic mass is 16.5. The molecule has 2 rings (SSSR count). The zero-order valence-electron chi connectivity index (χ0n) is 11.9. The fourth-order valence-corrected chi connectivity index (χ4v) is 3.77. The van der Waals surface area contributed by atoms with Crippen molar-refractivity contribution in [1.82, 2.24) is 0 Å². The summed E-state index contributed by atoms with van der Waals surface area (Å²) >= 11 is 0. The van der Waals surface area contributed by atoms with Crippen LogP contribution in [0, 0.1) is 16.7 Å². The molecule has 1 aliphatic carbocycles. The van der Waals surface area contributed by atoms with Crippen molar-refractivity contribution < 1.29 is 14.3 Å². The molecule has 0 aromatic rings. The normalized spacial score (nSPS) is 30.6. The van der Waals surface area contributed by atoms with Crippen LogP contribution >= 0.6 is 0 Å². The number of carbonyl (C=O) groups excluding carboxylic acids is 2. The molecule has 1 saturated carbocycles. The molecule has 1 heterocycles. The van der Waals surface area contributed by atoms with Crippen LogP contribution in [0.3, 0.4) is 0 Å². The van der Waals surface area contributed by atoms with Crippen molar-refractivity contribution in [3.8, 4) is 0 Å². The largest absolute Gasteiger partial charge is 0.460 e. The van der Waals surface area contributed by atoms with Crippen molar-refractivity contribution in [3.63, 3.8) is 0 Å². The van der Waals surface area contributed by atoms with Crippen molar-refractivity contribution in [2.24, 2.45) is 16.7 Å². The summed E-state index contributed by atoms with van der Waals surface area (Å²) in [5.41, 5.74) is -1.38. The van der Waals surface area contributed by atoms with E-state index in [1.165, 1.54) is 0 Å². The summed E-state index contributed by atoms with van der Waals surface area (Å²) in [7, 11) is 0. The number of ether oxygens (including phenoxy) is 1. The Kier molecular flexibility index (Phi) is 3.28. The summed E-state index contributed by atoms with van der Waals surface area (Å²) in [6.07, 6.45) is 4.12. The van der Waals surface area contributed by atoms with Crippen molar-refractivity contribution >= 4 is 11.8 Å². The lowest BCUT2D eigenvalue weighted by Gasteiger charge is -2.48. The van der Waals surface area contributed by atoms with Gasteiger partial charge in [0.25, 0.3) is 0 Å². The van der Waals surface area contributed by atoms with Crippen molar-refractivity contribution in [2.75, 3.05) is 0 Å². The Morgan fingerprint density at radius 3 is 2.17 bits per heavy atom. The molecule has 18 heavy (non-hydrogen) atoms. The molecule has 0 radical (unpaired) electrons. The van der Waals surface area contributed by atoms with Crippen LogP contribution in [-0.4, -0.2) is 17.9 Å². The van der Waals surface area contributed by atoms with Gasteiger partial charge in [-0.2, -0.15) is 0 Å². The molecule has 0 aromatic heterocycles. The number of esters is 1. The van der Waals surface area contributed by atoms with Gasteiger partial charge in [0, 0.05) is 0 Å². The Hall–Kier alpha value is -0.860. The highest BCUT2D eigenvalue weighted by Gasteiger charge is 2.60. The number of rotatable bonds is 1. The fourth-order valence-electron chi connectivity index (χ4n) is 3.77. The van der Waals surface area contributed by atoms with Gasteiger partial charge in [0.15, 0.2) is 5.78 Å². The minimum Gasteiger partial charge on any atom is -0.460 e. The van der Waals surface area contributed by atoms with E-state index in [2.05, 4.69) is 0 Å². The lowest BCUT2D eigenvalue weighted by molar-refractivity contribution is -0.195. The maximum absolute atomic E-state index is 12.8. The lowest BCUT2D eigenvalue weighted by Crippen LogP contribution is -2.60. The average Bonchev–Trinajstić information content (AvgIpc) is 2.33. The molecule has 1 saturated heterocycles. The maximum Gasteiger partial charge on any atom is 0.319 e. The van der Waals surface area contributed by atoms with Gasteiger partial charge in [0.05, 0.1) is 5.41 Å². The molecule has 2 fully saturated rings. The standard InChI is InChI=1S/C15H24O3/c1-10(2)11-14(3,4)12(16)15(13(17)18-11)8-6-5-7-9-15/h10-11H,5-9H2,1-4H3/t11-/m1/s1. The number of ketones is 1. The van der Waals surface area contributed by atoms with Crippen molar-refractivity contribution in [3.05, 3.63) is 0 Å². The molecule has 1 aliphatic heterocycles. The summed E-state index contributed by atoms with van der Waals surface area (Å²) in [5, 5.41) is 0. The van der Waals surface area contributed by atoms with Gasteiger partial charge in [0.2, 0.25) is 0 Å². The van der Waals surface area contributed by atoms with Crippen LogP contribution in [0.15, 0.2) is 0 Å². The molecule has 1 atom stereocenters. The molecule has 2 aliphatic rings. The molecular weight excluding hydrogens is 228 g/mol. The number of hydrogen-bond donors (Lipinski definition) is 0. The van der Waals surface area contributed by atoms with Crippen LogP contribution in [-0.2, 0) is 14.3 Å². The monoisotopic (exact) mass is 252 g/mol. The molecular formula is C15H24O3. The predicted octanol–water partition coefficient (Wildman–Crippen LogP) is 3.11. The van der Waals surface area contributed by atoms with Crippen molar-refractivity contribution in [2.45, 2.75) is 65.9 Å². The number of Topliss-reactive ketones (excluding diaryl/α,β-unsaturated/α-hetero) is 1. The zero-order chi connectivity index (χ0) is 13.6. The lowest BCUT2D eigenvalue weighted by atomic mass is 9.60. The van der Waals surface area contributed by atoms with Gasteiger partial charge in [-0.15, -0.1) is 0 Å². The first-order chi connectivity index (χ1) is 8.32. The Balaban J connectivity index is 2.37. The number of hydrogen-bond acceptors (Lipinski definition) is 3. The van der Waals surface area contributed by atoms with E-state index in [1.807, 2.05) is 27.7 Å². The summed E-state index contributed by atoms with van der Waals surface area (Å²) in [6, 6.07) is 0. The summed E-state index contributed by atoms with van der Waals surface area (Å²) in [4.78, 5) is 25.2. The van der Waals surface area contributed by atoms with Gasteiger partial charge >= 0.3 is 5.97 Å². The van der Waals surface area contributed by atoms with E-state index in [9.17, 15) is 9.59 Å². The van der Waals surface area contributed by atoms with Crippen LogP contribution in [0.25, 0.3) is 0 Å². The molecule has 102 valence electrons. The second-order valence-electron chi connectivity index (χ2n) is 6.76. The van der Waals surface area contributed by atoms with Crippen LogP contribution in [0.2, 0.25) is 0 Å². The van der Waals surface area contributed by atoms with Gasteiger partial charge in [-0.05, 0) is 32.6 Å². The van der Waals surface area contributed by atoms with E-state index in [4.69, 9.17) is 4.74 Å². The smallest absolute Gasteiger partial charge is 0.319 e. The SMILES string of the molecule is CC(C)[C@H]1OC(=O)C2(CCCCC2)C(=O)C1(C)C. The predicted molar refractivity (Wildman–Crippen MR) is 69.0 cm³/mol. The van der Waals surface area contributed by atoms with Crippen LogP contribution in [0.4, 0.5) is 0 Å². The van der Waals surface area contributed by atoms with E-state index in [-0.39, 0.29) is 23.8 Å². The summed E-state index contributed by atoms with van der Waals surface area (Å²) < 4.78 is 5.67. The van der Waals surface area contributed by atoms with Crippen molar-refractivity contribution in [1.29, 1.82) is 0 Å². The van der Waals surface area contributed by atoms with Gasteiger partial charge in [0.1, 0.15) is 11.5 Å². The quantitative estimate of drug-likeness (QED) is 0.532. The molecule has 0 N–H and O–H groups in total. The Labute approximate surface area is 109 Å². The highest BCUT2D eigenvalue weighted by molar-refractivity contribution is 6.08. The van der Waals surface area contributed by atoms with Gasteiger partial charge < -0.3 is 4.74 Å². The third-order valence-corrected chi connectivity index (χ3v) is 4.67. The molecule has 0 aromatic carbocycles. The molecule has 0 amide bonds. The summed E-state index contributed by atoms with van der Waals surface area (Å²) in [5.74, 6) is 0.0312. The van der Waals surface area contributed by atoms with E-state index in [1.54, 1.807) is 0 Å². The zero-order valence-corrected chi connectivity index (χ0v) is 11.9. The van der Waals surface area contributed by atoms with E-state index < -0.39 is 10.8 Å². The molecule has 3 heteroatoms. The van der Waals surface area contributed by atoms with Gasteiger partial charge in [-0.3, -0.25) is 9.59 Å². The second kappa shape index (κ2) is 4.36. The molecule has 0 bridgehead atoms. The average molecular weight is 252 g/mol.